The highest BCUT2D eigenvalue weighted by molar-refractivity contribution is 5.23. The van der Waals surface area contributed by atoms with Crippen LogP contribution in [0.2, 0.25) is 0 Å². The lowest BCUT2D eigenvalue weighted by atomic mass is 9.81. The van der Waals surface area contributed by atoms with Gasteiger partial charge in [-0.05, 0) is 22.3 Å². The highest BCUT2D eigenvalue weighted by Crippen LogP contribution is 2.56. The summed E-state index contributed by atoms with van der Waals surface area (Å²) in [5, 5.41) is 11.4. The fourth-order valence-electron chi connectivity index (χ4n) is 7.45. The molecule has 4 aliphatic heterocycles. The minimum atomic E-state index is -1.83. The molecule has 4 aliphatic rings. The van der Waals surface area contributed by atoms with Gasteiger partial charge in [0.25, 0.3) is 0 Å². The van der Waals surface area contributed by atoms with Crippen molar-refractivity contribution in [3.63, 3.8) is 0 Å². The molecule has 9 nitrogen and oxygen atoms in total. The molecule has 0 aromatic heterocycles. The third-order valence-corrected chi connectivity index (χ3v) is 10.2. The van der Waals surface area contributed by atoms with E-state index < -0.39 is 66.9 Å². The molecular formula is C41H43FO9. The summed E-state index contributed by atoms with van der Waals surface area (Å²) in [6, 6.07) is 39.1. The van der Waals surface area contributed by atoms with Crippen molar-refractivity contribution in [2.75, 3.05) is 13.2 Å². The molecule has 4 aromatic carbocycles. The fraction of sp³-hybridized carbons (Fsp3) is 0.415. The monoisotopic (exact) mass is 698 g/mol. The molecule has 4 aromatic rings. The second kappa shape index (κ2) is 15.6. The van der Waals surface area contributed by atoms with E-state index in [0.29, 0.717) is 6.61 Å². The van der Waals surface area contributed by atoms with Crippen LogP contribution in [0.25, 0.3) is 0 Å². The largest absolute Gasteiger partial charge is 0.387 e. The van der Waals surface area contributed by atoms with Crippen molar-refractivity contribution in [2.45, 2.75) is 93.3 Å². The average molecular weight is 699 g/mol. The quantitative estimate of drug-likeness (QED) is 0.166. The number of aliphatic hydroxyl groups excluding tert-OH is 1. The number of fused-ring (bicyclic) bond motifs is 4. The molecule has 268 valence electrons. The van der Waals surface area contributed by atoms with Crippen LogP contribution in [-0.4, -0.2) is 85.2 Å². The molecule has 8 rings (SSSR count). The molecule has 11 atom stereocenters. The molecule has 2 bridgehead atoms. The van der Waals surface area contributed by atoms with Crippen LogP contribution in [0.3, 0.4) is 0 Å². The lowest BCUT2D eigenvalue weighted by molar-refractivity contribution is -0.288. The van der Waals surface area contributed by atoms with Gasteiger partial charge in [-0.15, -0.1) is 0 Å². The Morgan fingerprint density at radius 2 is 1.14 bits per heavy atom. The maximum absolute atomic E-state index is 17.5. The van der Waals surface area contributed by atoms with Gasteiger partial charge in [-0.2, -0.15) is 0 Å². The van der Waals surface area contributed by atoms with Crippen molar-refractivity contribution in [1.82, 2.24) is 0 Å². The molecule has 4 heterocycles. The predicted molar refractivity (Wildman–Crippen MR) is 183 cm³/mol. The molecule has 4 saturated heterocycles. The third kappa shape index (κ3) is 7.39. The fourth-order valence-corrected chi connectivity index (χ4v) is 7.45. The molecule has 0 spiro atoms. The van der Waals surface area contributed by atoms with Crippen LogP contribution < -0.4 is 0 Å². The second-order valence-corrected chi connectivity index (χ2v) is 13.5. The first kappa shape index (κ1) is 34.5. The molecule has 0 aliphatic carbocycles. The Kier molecular flexibility index (Phi) is 10.6. The molecular weight excluding hydrogens is 655 g/mol. The van der Waals surface area contributed by atoms with Crippen LogP contribution >= 0.6 is 0 Å². The number of ether oxygens (including phenoxy) is 8. The highest BCUT2D eigenvalue weighted by atomic mass is 19.1. The number of aliphatic hydroxyl groups is 1. The van der Waals surface area contributed by atoms with Gasteiger partial charge in [0.1, 0.15) is 48.8 Å². The Morgan fingerprint density at radius 3 is 1.69 bits per heavy atom. The van der Waals surface area contributed by atoms with Crippen LogP contribution in [0.15, 0.2) is 121 Å². The SMILES string of the molecule is O[C@H]1[C@H]2CO[C@H](O2)[C@@H]2O[C@]12[C@H](F)[C@@H]1O[C@H](COCc2ccccc2)[C@@H](OCc2ccccc2)[C@H](OCc2ccccc2)[C@H]1OCc1ccccc1. The molecule has 1 N–H and O–H groups in total. The van der Waals surface area contributed by atoms with E-state index in [1.165, 1.54) is 0 Å². The van der Waals surface area contributed by atoms with Crippen LogP contribution in [0.4, 0.5) is 4.39 Å². The molecule has 0 radical (unpaired) electrons. The number of rotatable bonds is 15. The summed E-state index contributed by atoms with van der Waals surface area (Å²) < 4.78 is 68.1. The molecule has 51 heavy (non-hydrogen) atoms. The maximum atomic E-state index is 17.5. The number of halogens is 1. The molecule has 0 amide bonds. The van der Waals surface area contributed by atoms with Crippen LogP contribution in [0, 0.1) is 0 Å². The first-order valence-electron chi connectivity index (χ1n) is 17.6. The summed E-state index contributed by atoms with van der Waals surface area (Å²) >= 11 is 0. The number of hydrogen-bond acceptors (Lipinski definition) is 9. The number of epoxide rings is 1. The summed E-state index contributed by atoms with van der Waals surface area (Å²) in [7, 11) is 0. The maximum Gasteiger partial charge on any atom is 0.187 e. The summed E-state index contributed by atoms with van der Waals surface area (Å²) in [5.41, 5.74) is 2.21. The standard InChI is InChI=1S/C41H43FO9/c42-37(41-38(43)32-26-48-40(50-32)39(41)51-41)36-35(47-24-30-19-11-4-12-20-30)34(46-23-29-17-9-3-10-18-29)33(45-22-28-15-7-2-8-16-28)31(49-36)25-44-21-27-13-5-1-6-14-27/h1-20,31-40,43H,21-26H2/t31-,32-,33-,34+,35-,36-,37-,38+,39+,40-,41-/m1/s1. The summed E-state index contributed by atoms with van der Waals surface area (Å²) in [4.78, 5) is 0. The number of alkyl halides is 1. The van der Waals surface area contributed by atoms with Crippen molar-refractivity contribution in [3.05, 3.63) is 144 Å². The van der Waals surface area contributed by atoms with Crippen LogP contribution in [-0.2, 0) is 64.3 Å². The van der Waals surface area contributed by atoms with Crippen molar-refractivity contribution < 1.29 is 47.4 Å². The van der Waals surface area contributed by atoms with Gasteiger partial charge in [0.05, 0.1) is 39.6 Å². The predicted octanol–water partition coefficient (Wildman–Crippen LogP) is 5.32. The molecule has 0 saturated carbocycles. The van der Waals surface area contributed by atoms with Crippen molar-refractivity contribution in [2.24, 2.45) is 0 Å². The zero-order chi connectivity index (χ0) is 34.6. The topological polar surface area (TPSA) is 97.4 Å². The first-order valence-corrected chi connectivity index (χ1v) is 17.6. The average Bonchev–Trinajstić information content (AvgIpc) is 3.80. The minimum absolute atomic E-state index is 0.0888. The smallest absolute Gasteiger partial charge is 0.187 e. The van der Waals surface area contributed by atoms with Crippen LogP contribution in [0.1, 0.15) is 22.3 Å². The number of benzene rings is 4. The van der Waals surface area contributed by atoms with Gasteiger partial charge in [-0.3, -0.25) is 0 Å². The van der Waals surface area contributed by atoms with Crippen LogP contribution in [0.5, 0.6) is 0 Å². The normalized spacial score (nSPS) is 33.0. The van der Waals surface area contributed by atoms with E-state index in [1.54, 1.807) is 0 Å². The summed E-state index contributed by atoms with van der Waals surface area (Å²) in [6.45, 7) is 1.23. The van der Waals surface area contributed by atoms with E-state index >= 15 is 4.39 Å². The van der Waals surface area contributed by atoms with Crippen molar-refractivity contribution in [1.29, 1.82) is 0 Å². The first-order chi connectivity index (χ1) is 25.1. The summed E-state index contributed by atoms with van der Waals surface area (Å²) in [6.07, 6.45) is -9.85. The van der Waals surface area contributed by atoms with Gasteiger partial charge < -0.3 is 43.0 Å². The van der Waals surface area contributed by atoms with Gasteiger partial charge in [0.15, 0.2) is 18.1 Å². The van der Waals surface area contributed by atoms with Gasteiger partial charge in [-0.1, -0.05) is 121 Å². The minimum Gasteiger partial charge on any atom is -0.387 e. The van der Waals surface area contributed by atoms with E-state index in [2.05, 4.69) is 0 Å². The Bertz CT molecular complexity index is 1670. The lowest BCUT2D eigenvalue weighted by Crippen LogP contribution is -2.67. The highest BCUT2D eigenvalue weighted by Gasteiger charge is 2.78. The van der Waals surface area contributed by atoms with E-state index in [-0.39, 0.29) is 33.0 Å². The number of hydrogen-bond donors (Lipinski definition) is 1. The molecule has 4 fully saturated rings. The lowest BCUT2D eigenvalue weighted by Gasteiger charge is -2.48. The Hall–Kier alpha value is -3.55. The van der Waals surface area contributed by atoms with Gasteiger partial charge in [0, 0.05) is 0 Å². The third-order valence-electron chi connectivity index (χ3n) is 10.2. The molecule has 10 heteroatoms. The Balaban J connectivity index is 1.14. The Morgan fingerprint density at radius 1 is 0.647 bits per heavy atom. The zero-order valence-electron chi connectivity index (χ0n) is 28.2. The van der Waals surface area contributed by atoms with Gasteiger partial charge >= 0.3 is 0 Å². The van der Waals surface area contributed by atoms with E-state index in [9.17, 15) is 5.11 Å². The van der Waals surface area contributed by atoms with E-state index in [1.807, 2.05) is 121 Å². The van der Waals surface area contributed by atoms with Crippen molar-refractivity contribution in [3.8, 4) is 0 Å². The second-order valence-electron chi connectivity index (χ2n) is 13.5. The van der Waals surface area contributed by atoms with Gasteiger partial charge in [-0.25, -0.2) is 4.39 Å². The Labute approximate surface area is 297 Å². The van der Waals surface area contributed by atoms with Crippen molar-refractivity contribution >= 4 is 0 Å². The molecule has 0 unspecified atom stereocenters. The van der Waals surface area contributed by atoms with Gasteiger partial charge in [0.2, 0.25) is 0 Å². The summed E-state index contributed by atoms with van der Waals surface area (Å²) in [5.74, 6) is 0. The zero-order valence-corrected chi connectivity index (χ0v) is 28.2. The van der Waals surface area contributed by atoms with E-state index in [0.717, 1.165) is 22.3 Å². The van der Waals surface area contributed by atoms with E-state index in [4.69, 9.17) is 37.9 Å².